The molecule has 25 heavy (non-hydrogen) atoms. The Morgan fingerprint density at radius 2 is 2.28 bits per heavy atom. The van der Waals surface area contributed by atoms with E-state index in [1.807, 2.05) is 0 Å². The smallest absolute Gasteiger partial charge is 0.324 e. The molecule has 0 unspecified atom stereocenters. The number of nitrogens with zero attached hydrogens (tertiary/aromatic N) is 4. The number of nitrogens with one attached hydrogen (secondary N) is 2. The van der Waals surface area contributed by atoms with Gasteiger partial charge < -0.3 is 15.5 Å². The number of imide groups is 1. The summed E-state index contributed by atoms with van der Waals surface area (Å²) in [6.45, 7) is 4.25. The Balaban J connectivity index is 1.38. The number of nitriles is 1. The van der Waals surface area contributed by atoms with Gasteiger partial charge in [0.05, 0.1) is 12.1 Å². The molecule has 0 aromatic carbocycles. The van der Waals surface area contributed by atoms with Crippen molar-refractivity contribution in [1.82, 2.24) is 20.1 Å². The predicted octanol–water partition coefficient (Wildman–Crippen LogP) is 0.629. The van der Waals surface area contributed by atoms with Crippen LogP contribution < -0.4 is 10.6 Å². The molecule has 2 aliphatic heterocycles. The van der Waals surface area contributed by atoms with E-state index >= 15 is 0 Å². The van der Waals surface area contributed by atoms with Crippen molar-refractivity contribution in [3.63, 3.8) is 0 Å². The second-order valence-corrected chi connectivity index (χ2v) is 6.41. The van der Waals surface area contributed by atoms with Gasteiger partial charge in [0.2, 0.25) is 5.91 Å². The molecule has 2 N–H and O–H groups in total. The normalized spacial score (nSPS) is 20.6. The Labute approximate surface area is 146 Å². The molecule has 1 atom stereocenters. The first kappa shape index (κ1) is 17.2. The summed E-state index contributed by atoms with van der Waals surface area (Å²) in [6, 6.07) is 5.37. The highest BCUT2D eigenvalue weighted by Crippen LogP contribution is 2.18. The minimum atomic E-state index is -0.280. The van der Waals surface area contributed by atoms with E-state index in [1.165, 1.54) is 4.90 Å². The van der Waals surface area contributed by atoms with E-state index in [-0.39, 0.29) is 18.5 Å². The fraction of sp³-hybridized carbons (Fsp3) is 0.529. The molecular formula is C17H22N6O2. The molecule has 2 aliphatic rings. The molecule has 2 saturated heterocycles. The van der Waals surface area contributed by atoms with Crippen molar-refractivity contribution in [2.45, 2.75) is 12.8 Å². The van der Waals surface area contributed by atoms with Gasteiger partial charge in [-0.3, -0.25) is 9.69 Å². The van der Waals surface area contributed by atoms with Crippen LogP contribution in [0.15, 0.2) is 18.3 Å². The van der Waals surface area contributed by atoms with Gasteiger partial charge in [0.25, 0.3) is 0 Å². The third-order valence-electron chi connectivity index (χ3n) is 4.65. The second kappa shape index (κ2) is 7.94. The summed E-state index contributed by atoms with van der Waals surface area (Å²) in [5, 5.41) is 14.9. The van der Waals surface area contributed by atoms with Crippen LogP contribution in [0, 0.1) is 17.2 Å². The number of pyridine rings is 1. The van der Waals surface area contributed by atoms with E-state index < -0.39 is 0 Å². The van der Waals surface area contributed by atoms with Crippen LogP contribution in [0.3, 0.4) is 0 Å². The molecule has 3 amide bonds. The Morgan fingerprint density at radius 3 is 3.04 bits per heavy atom. The SMILES string of the molecule is N#Cc1cccnc1NC[C@H]1CCN(CCCN2C(=O)CNC2=O)C1. The Bertz CT molecular complexity index is 670. The van der Waals surface area contributed by atoms with Crippen LogP contribution in [0.4, 0.5) is 10.6 Å². The maximum absolute atomic E-state index is 11.5. The summed E-state index contributed by atoms with van der Waals surface area (Å²) >= 11 is 0. The summed E-state index contributed by atoms with van der Waals surface area (Å²) in [6.07, 6.45) is 3.56. The maximum atomic E-state index is 11.5. The summed E-state index contributed by atoms with van der Waals surface area (Å²) in [5.74, 6) is 1.00. The van der Waals surface area contributed by atoms with Crippen LogP contribution in [0.2, 0.25) is 0 Å². The summed E-state index contributed by atoms with van der Waals surface area (Å²) in [4.78, 5) is 30.9. The average molecular weight is 342 g/mol. The molecule has 2 fully saturated rings. The monoisotopic (exact) mass is 342 g/mol. The zero-order valence-electron chi connectivity index (χ0n) is 14.1. The molecule has 0 bridgehead atoms. The number of rotatable bonds is 7. The van der Waals surface area contributed by atoms with Crippen LogP contribution >= 0.6 is 0 Å². The molecular weight excluding hydrogens is 320 g/mol. The fourth-order valence-corrected chi connectivity index (χ4v) is 3.29. The van der Waals surface area contributed by atoms with Crippen LogP contribution in [0.25, 0.3) is 0 Å². The molecule has 0 saturated carbocycles. The maximum Gasteiger partial charge on any atom is 0.324 e. The number of urea groups is 1. The molecule has 132 valence electrons. The molecule has 0 aliphatic carbocycles. The average Bonchev–Trinajstić information content (AvgIpc) is 3.21. The Hall–Kier alpha value is -2.66. The molecule has 0 spiro atoms. The predicted molar refractivity (Wildman–Crippen MR) is 91.7 cm³/mol. The minimum Gasteiger partial charge on any atom is -0.369 e. The Morgan fingerprint density at radius 1 is 1.40 bits per heavy atom. The van der Waals surface area contributed by atoms with E-state index in [0.29, 0.717) is 23.8 Å². The molecule has 1 aromatic heterocycles. The van der Waals surface area contributed by atoms with Crippen molar-refractivity contribution in [1.29, 1.82) is 5.26 Å². The van der Waals surface area contributed by atoms with Crippen molar-refractivity contribution in [2.75, 3.05) is 44.6 Å². The zero-order valence-corrected chi connectivity index (χ0v) is 14.1. The highest BCUT2D eigenvalue weighted by atomic mass is 16.2. The van der Waals surface area contributed by atoms with Gasteiger partial charge in [-0.15, -0.1) is 0 Å². The van der Waals surface area contributed by atoms with Crippen LogP contribution in [0.1, 0.15) is 18.4 Å². The largest absolute Gasteiger partial charge is 0.369 e. The molecule has 3 rings (SSSR count). The highest BCUT2D eigenvalue weighted by Gasteiger charge is 2.28. The first-order chi connectivity index (χ1) is 12.2. The molecule has 3 heterocycles. The van der Waals surface area contributed by atoms with Gasteiger partial charge in [-0.25, -0.2) is 9.78 Å². The van der Waals surface area contributed by atoms with E-state index in [9.17, 15) is 9.59 Å². The van der Waals surface area contributed by atoms with Gasteiger partial charge in [0.1, 0.15) is 11.9 Å². The lowest BCUT2D eigenvalue weighted by Crippen LogP contribution is -2.34. The number of carbonyl (C=O) groups is 2. The van der Waals surface area contributed by atoms with Gasteiger partial charge in [-0.1, -0.05) is 0 Å². The lowest BCUT2D eigenvalue weighted by Gasteiger charge is -2.18. The van der Waals surface area contributed by atoms with Crippen molar-refractivity contribution >= 4 is 17.8 Å². The molecule has 1 aromatic rings. The van der Waals surface area contributed by atoms with Crippen molar-refractivity contribution in [2.24, 2.45) is 5.92 Å². The molecule has 0 radical (unpaired) electrons. The standard InChI is InChI=1S/C17H22N6O2/c18-9-14-3-1-5-19-16(14)20-10-13-4-8-22(12-13)6-2-7-23-15(24)11-21-17(23)25/h1,3,5,13H,2,4,6-8,10-12H2,(H,19,20)(H,21,25)/t13-/m1/s1. The van der Waals surface area contributed by atoms with Gasteiger partial charge in [-0.05, 0) is 44.0 Å². The van der Waals surface area contributed by atoms with Crippen LogP contribution in [-0.4, -0.2) is 66.0 Å². The third-order valence-corrected chi connectivity index (χ3v) is 4.65. The number of anilines is 1. The summed E-state index contributed by atoms with van der Waals surface area (Å²) in [5.41, 5.74) is 0.561. The first-order valence-electron chi connectivity index (χ1n) is 8.57. The lowest BCUT2D eigenvalue weighted by atomic mass is 10.1. The minimum absolute atomic E-state index is 0.120. The highest BCUT2D eigenvalue weighted by molar-refractivity contribution is 6.01. The second-order valence-electron chi connectivity index (χ2n) is 6.41. The van der Waals surface area contributed by atoms with E-state index in [1.54, 1.807) is 18.3 Å². The number of amides is 3. The van der Waals surface area contributed by atoms with Crippen molar-refractivity contribution in [3.05, 3.63) is 23.9 Å². The molecule has 8 heteroatoms. The van der Waals surface area contributed by atoms with E-state index in [0.717, 1.165) is 39.0 Å². The number of hydrogen-bond donors (Lipinski definition) is 2. The van der Waals surface area contributed by atoms with E-state index in [4.69, 9.17) is 5.26 Å². The van der Waals surface area contributed by atoms with Crippen molar-refractivity contribution in [3.8, 4) is 6.07 Å². The van der Waals surface area contributed by atoms with E-state index in [2.05, 4.69) is 26.6 Å². The first-order valence-corrected chi connectivity index (χ1v) is 8.57. The van der Waals surface area contributed by atoms with Gasteiger partial charge in [0, 0.05) is 25.8 Å². The number of carbonyl (C=O) groups excluding carboxylic acids is 2. The van der Waals surface area contributed by atoms with Gasteiger partial charge in [-0.2, -0.15) is 5.26 Å². The lowest BCUT2D eigenvalue weighted by molar-refractivity contribution is -0.125. The number of hydrogen-bond acceptors (Lipinski definition) is 6. The quantitative estimate of drug-likeness (QED) is 0.705. The van der Waals surface area contributed by atoms with Gasteiger partial charge >= 0.3 is 6.03 Å². The molecule has 8 nitrogen and oxygen atoms in total. The topological polar surface area (TPSA) is 101 Å². The number of likely N-dealkylation sites (tertiary alicyclic amines) is 1. The van der Waals surface area contributed by atoms with Crippen molar-refractivity contribution < 1.29 is 9.59 Å². The van der Waals surface area contributed by atoms with Crippen LogP contribution in [0.5, 0.6) is 0 Å². The summed E-state index contributed by atoms with van der Waals surface area (Å²) < 4.78 is 0. The third kappa shape index (κ3) is 4.25. The fourth-order valence-electron chi connectivity index (χ4n) is 3.29. The summed E-state index contributed by atoms with van der Waals surface area (Å²) in [7, 11) is 0. The number of aromatic nitrogens is 1. The zero-order chi connectivity index (χ0) is 17.6. The van der Waals surface area contributed by atoms with Crippen LogP contribution in [-0.2, 0) is 4.79 Å². The van der Waals surface area contributed by atoms with Gasteiger partial charge in [0.15, 0.2) is 0 Å². The Kier molecular flexibility index (Phi) is 5.46.